The molecule has 0 aliphatic rings. The molecular weight excluding hydrogens is 492 g/mol. The topological polar surface area (TPSA) is 60.8 Å². The molecule has 2 aromatic carbocycles. The Bertz CT molecular complexity index is 1160. The summed E-state index contributed by atoms with van der Waals surface area (Å²) in [4.78, 5) is 2.59. The first kappa shape index (κ1) is 24.4. The first-order chi connectivity index (χ1) is 15.3. The maximum absolute atomic E-state index is 12.5. The molecule has 0 radical (unpaired) electrons. The fraction of sp³-hybridized carbons (Fsp3) is 0.333. The van der Waals surface area contributed by atoms with E-state index in [1.165, 1.54) is 5.56 Å². The summed E-state index contributed by atoms with van der Waals surface area (Å²) in [5.74, 6) is 1.47. The SMILES string of the molecule is CCN(Cc1ccc(OC)cc1)Cc1cccn1-c1cc(S(=O)(=O)CC)cc(Br)c1OC. The van der Waals surface area contributed by atoms with E-state index < -0.39 is 9.84 Å². The quantitative estimate of drug-likeness (QED) is 0.373. The molecule has 0 bridgehead atoms. The van der Waals surface area contributed by atoms with E-state index in [1.54, 1.807) is 33.3 Å². The predicted molar refractivity (Wildman–Crippen MR) is 131 cm³/mol. The van der Waals surface area contributed by atoms with Crippen molar-refractivity contribution in [3.63, 3.8) is 0 Å². The van der Waals surface area contributed by atoms with Crippen LogP contribution in [-0.2, 0) is 22.9 Å². The van der Waals surface area contributed by atoms with Gasteiger partial charge in [-0.3, -0.25) is 4.90 Å². The van der Waals surface area contributed by atoms with Gasteiger partial charge >= 0.3 is 0 Å². The third-order valence-electron chi connectivity index (χ3n) is 5.43. The minimum atomic E-state index is -3.37. The van der Waals surface area contributed by atoms with Crippen LogP contribution in [0.5, 0.6) is 11.5 Å². The number of methoxy groups -OCH3 is 2. The second-order valence-corrected chi connectivity index (χ2v) is 10.5. The maximum atomic E-state index is 12.5. The minimum Gasteiger partial charge on any atom is -0.497 e. The second kappa shape index (κ2) is 10.6. The molecule has 8 heteroatoms. The van der Waals surface area contributed by atoms with Crippen molar-refractivity contribution in [2.75, 3.05) is 26.5 Å². The average molecular weight is 521 g/mol. The summed E-state index contributed by atoms with van der Waals surface area (Å²) in [6.45, 7) is 6.12. The van der Waals surface area contributed by atoms with Crippen LogP contribution >= 0.6 is 15.9 Å². The van der Waals surface area contributed by atoms with Crippen LogP contribution in [0.1, 0.15) is 25.1 Å². The Kier molecular flexibility index (Phi) is 8.03. The zero-order valence-electron chi connectivity index (χ0n) is 18.8. The van der Waals surface area contributed by atoms with E-state index in [2.05, 4.69) is 39.9 Å². The Morgan fingerprint density at radius 3 is 2.31 bits per heavy atom. The van der Waals surface area contributed by atoms with Gasteiger partial charge in [0.15, 0.2) is 15.6 Å². The maximum Gasteiger partial charge on any atom is 0.178 e. The number of hydrogen-bond acceptors (Lipinski definition) is 5. The molecule has 0 amide bonds. The molecule has 0 fully saturated rings. The number of ether oxygens (including phenoxy) is 2. The van der Waals surface area contributed by atoms with Gasteiger partial charge < -0.3 is 14.0 Å². The number of benzene rings is 2. The fourth-order valence-corrected chi connectivity index (χ4v) is 5.24. The largest absolute Gasteiger partial charge is 0.497 e. The summed E-state index contributed by atoms with van der Waals surface area (Å²) in [6, 6.07) is 15.4. The average Bonchev–Trinajstić information content (AvgIpc) is 3.26. The monoisotopic (exact) mass is 520 g/mol. The molecule has 3 aromatic rings. The third kappa shape index (κ3) is 5.36. The van der Waals surface area contributed by atoms with Gasteiger partial charge in [-0.2, -0.15) is 0 Å². The van der Waals surface area contributed by atoms with Gasteiger partial charge in [0.25, 0.3) is 0 Å². The van der Waals surface area contributed by atoms with Gasteiger partial charge in [0, 0.05) is 25.0 Å². The molecule has 0 N–H and O–H groups in total. The Morgan fingerprint density at radius 2 is 1.72 bits per heavy atom. The van der Waals surface area contributed by atoms with Gasteiger partial charge in [-0.1, -0.05) is 26.0 Å². The van der Waals surface area contributed by atoms with Crippen LogP contribution in [0.3, 0.4) is 0 Å². The predicted octanol–water partition coefficient (Wildman–Crippen LogP) is 5.07. The lowest BCUT2D eigenvalue weighted by Crippen LogP contribution is -2.23. The first-order valence-corrected chi connectivity index (χ1v) is 12.9. The van der Waals surface area contributed by atoms with Gasteiger partial charge in [0.1, 0.15) is 5.75 Å². The van der Waals surface area contributed by atoms with E-state index >= 15 is 0 Å². The van der Waals surface area contributed by atoms with Crippen molar-refractivity contribution < 1.29 is 17.9 Å². The highest BCUT2D eigenvalue weighted by Gasteiger charge is 2.20. The molecular formula is C24H29BrN2O4S. The van der Waals surface area contributed by atoms with Crippen molar-refractivity contribution in [2.24, 2.45) is 0 Å². The number of aromatic nitrogens is 1. The highest BCUT2D eigenvalue weighted by molar-refractivity contribution is 9.10. The van der Waals surface area contributed by atoms with Gasteiger partial charge in [-0.05, 0) is 64.4 Å². The molecule has 0 aliphatic heterocycles. The Hall–Kier alpha value is -2.29. The van der Waals surface area contributed by atoms with Crippen molar-refractivity contribution in [2.45, 2.75) is 31.8 Å². The van der Waals surface area contributed by atoms with Gasteiger partial charge in [-0.25, -0.2) is 8.42 Å². The van der Waals surface area contributed by atoms with Crippen LogP contribution in [-0.4, -0.2) is 44.4 Å². The zero-order valence-corrected chi connectivity index (χ0v) is 21.2. The minimum absolute atomic E-state index is 0.0369. The van der Waals surface area contributed by atoms with Crippen molar-refractivity contribution in [3.05, 3.63) is 70.5 Å². The van der Waals surface area contributed by atoms with Crippen LogP contribution < -0.4 is 9.47 Å². The van der Waals surface area contributed by atoms with Gasteiger partial charge in [-0.15, -0.1) is 0 Å². The number of halogens is 1. The van der Waals surface area contributed by atoms with Crippen LogP contribution in [0, 0.1) is 0 Å². The van der Waals surface area contributed by atoms with Crippen molar-refractivity contribution in [1.82, 2.24) is 9.47 Å². The molecule has 3 rings (SSSR count). The summed E-state index contributed by atoms with van der Waals surface area (Å²) in [6.07, 6.45) is 1.93. The molecule has 0 unspecified atom stereocenters. The molecule has 6 nitrogen and oxygen atoms in total. The summed E-state index contributed by atoms with van der Waals surface area (Å²) in [5, 5.41) is 0. The van der Waals surface area contributed by atoms with E-state index in [1.807, 2.05) is 35.0 Å². The molecule has 0 saturated heterocycles. The number of sulfone groups is 1. The molecule has 1 heterocycles. The Balaban J connectivity index is 1.94. The molecule has 172 valence electrons. The van der Waals surface area contributed by atoms with E-state index in [0.29, 0.717) is 22.5 Å². The Labute approximate surface area is 198 Å². The Morgan fingerprint density at radius 1 is 1.00 bits per heavy atom. The normalized spacial score (nSPS) is 11.7. The lowest BCUT2D eigenvalue weighted by molar-refractivity contribution is 0.266. The van der Waals surface area contributed by atoms with Crippen LogP contribution in [0.2, 0.25) is 0 Å². The van der Waals surface area contributed by atoms with Crippen LogP contribution in [0.15, 0.2) is 64.1 Å². The number of rotatable bonds is 10. The summed E-state index contributed by atoms with van der Waals surface area (Å²) < 4.78 is 38.6. The number of nitrogens with zero attached hydrogens (tertiary/aromatic N) is 2. The lowest BCUT2D eigenvalue weighted by Gasteiger charge is -2.23. The molecule has 32 heavy (non-hydrogen) atoms. The molecule has 0 saturated carbocycles. The highest BCUT2D eigenvalue weighted by atomic mass is 79.9. The first-order valence-electron chi connectivity index (χ1n) is 10.4. The third-order valence-corrected chi connectivity index (χ3v) is 7.73. The second-order valence-electron chi connectivity index (χ2n) is 7.38. The van der Waals surface area contributed by atoms with Gasteiger partial charge in [0.05, 0.1) is 35.0 Å². The standard InChI is InChI=1S/C24H29BrN2O4S/c1-5-26(16-18-9-11-20(30-3)12-10-18)17-19-8-7-13-27(19)23-15-21(32(28,29)6-2)14-22(25)24(23)31-4/h7-15H,5-6,16-17H2,1-4H3. The summed E-state index contributed by atoms with van der Waals surface area (Å²) in [7, 11) is -0.118. The van der Waals surface area contributed by atoms with E-state index in [0.717, 1.165) is 24.5 Å². The number of hydrogen-bond donors (Lipinski definition) is 0. The van der Waals surface area contributed by atoms with Crippen LogP contribution in [0.4, 0.5) is 0 Å². The van der Waals surface area contributed by atoms with Gasteiger partial charge in [0.2, 0.25) is 0 Å². The van der Waals surface area contributed by atoms with Crippen molar-refractivity contribution in [1.29, 1.82) is 0 Å². The van der Waals surface area contributed by atoms with E-state index in [9.17, 15) is 8.42 Å². The molecule has 0 aliphatic carbocycles. The summed E-state index contributed by atoms with van der Waals surface area (Å²) in [5.41, 5.74) is 2.92. The van der Waals surface area contributed by atoms with Crippen molar-refractivity contribution >= 4 is 25.8 Å². The molecule has 1 aromatic heterocycles. The molecule has 0 atom stereocenters. The highest BCUT2D eigenvalue weighted by Crippen LogP contribution is 2.36. The fourth-order valence-electron chi connectivity index (χ4n) is 3.56. The molecule has 0 spiro atoms. The smallest absolute Gasteiger partial charge is 0.178 e. The van der Waals surface area contributed by atoms with Crippen LogP contribution in [0.25, 0.3) is 5.69 Å². The summed E-state index contributed by atoms with van der Waals surface area (Å²) >= 11 is 3.49. The lowest BCUT2D eigenvalue weighted by atomic mass is 10.2. The zero-order chi connectivity index (χ0) is 23.3. The van der Waals surface area contributed by atoms with E-state index in [4.69, 9.17) is 9.47 Å². The van der Waals surface area contributed by atoms with E-state index in [-0.39, 0.29) is 10.6 Å². The van der Waals surface area contributed by atoms with Crippen molar-refractivity contribution in [3.8, 4) is 17.2 Å².